The molecule has 0 aromatic carbocycles. The maximum Gasteiger partial charge on any atom is 0.307 e. The number of amides is 1. The van der Waals surface area contributed by atoms with Crippen molar-refractivity contribution in [2.45, 2.75) is 45.1 Å². The minimum atomic E-state index is -3.37. The summed E-state index contributed by atoms with van der Waals surface area (Å²) in [5.41, 5.74) is -0.823. The Kier molecular flexibility index (Phi) is 5.75. The van der Waals surface area contributed by atoms with Crippen molar-refractivity contribution in [1.29, 1.82) is 0 Å². The summed E-state index contributed by atoms with van der Waals surface area (Å²) >= 11 is 0. The molecule has 0 spiro atoms. The molecule has 0 aliphatic heterocycles. The predicted molar refractivity (Wildman–Crippen MR) is 78.2 cm³/mol. The van der Waals surface area contributed by atoms with Crippen LogP contribution in [-0.2, 0) is 19.6 Å². The lowest BCUT2D eigenvalue weighted by Gasteiger charge is -2.30. The summed E-state index contributed by atoms with van der Waals surface area (Å²) in [6.45, 7) is 3.43. The first-order valence-corrected chi connectivity index (χ1v) is 8.90. The van der Waals surface area contributed by atoms with Gasteiger partial charge in [0, 0.05) is 12.1 Å². The van der Waals surface area contributed by atoms with Gasteiger partial charge in [-0.15, -0.1) is 0 Å². The molecule has 1 amide bonds. The van der Waals surface area contributed by atoms with E-state index in [0.717, 1.165) is 19.1 Å². The van der Waals surface area contributed by atoms with Gasteiger partial charge in [0.05, 0.1) is 18.1 Å². The van der Waals surface area contributed by atoms with E-state index < -0.39 is 33.4 Å². The quantitative estimate of drug-likeness (QED) is 0.652. The van der Waals surface area contributed by atoms with Crippen molar-refractivity contribution in [3.8, 4) is 0 Å². The predicted octanol–water partition coefficient (Wildman–Crippen LogP) is 0.321. The van der Waals surface area contributed by atoms with Crippen LogP contribution in [0.3, 0.4) is 0 Å². The molecule has 0 heterocycles. The van der Waals surface area contributed by atoms with Gasteiger partial charge in [-0.25, -0.2) is 13.1 Å². The molecule has 0 radical (unpaired) electrons. The maximum atomic E-state index is 12.2. The second kappa shape index (κ2) is 6.74. The summed E-state index contributed by atoms with van der Waals surface area (Å²) < 4.78 is 24.9. The van der Waals surface area contributed by atoms with Crippen LogP contribution >= 0.6 is 0 Å². The molecule has 0 saturated heterocycles. The molecule has 0 unspecified atom stereocenters. The molecule has 1 aliphatic rings. The van der Waals surface area contributed by atoms with E-state index in [-0.39, 0.29) is 12.5 Å². The first kappa shape index (κ1) is 17.9. The second-order valence-electron chi connectivity index (χ2n) is 6.31. The number of rotatable bonds is 6. The fourth-order valence-corrected chi connectivity index (χ4v) is 3.79. The number of nitrogens with one attached hydrogen (secondary N) is 2. The summed E-state index contributed by atoms with van der Waals surface area (Å²) in [4.78, 5) is 23.4. The highest BCUT2D eigenvalue weighted by molar-refractivity contribution is 7.88. The topological polar surface area (TPSA) is 113 Å². The molecule has 0 bridgehead atoms. The van der Waals surface area contributed by atoms with Crippen molar-refractivity contribution in [2.75, 3.05) is 12.8 Å². The number of sulfonamides is 1. The fourth-order valence-electron chi connectivity index (χ4n) is 2.72. The highest BCUT2D eigenvalue weighted by atomic mass is 32.2. The molecule has 2 atom stereocenters. The van der Waals surface area contributed by atoms with Gasteiger partial charge < -0.3 is 10.4 Å². The Balaban J connectivity index is 2.61. The van der Waals surface area contributed by atoms with Gasteiger partial charge in [-0.05, 0) is 26.7 Å². The molecule has 21 heavy (non-hydrogen) atoms. The molecular formula is C13H24N2O5S. The normalized spacial score (nSPS) is 23.6. The van der Waals surface area contributed by atoms with Gasteiger partial charge in [0.1, 0.15) is 0 Å². The Morgan fingerprint density at radius 2 is 1.71 bits per heavy atom. The molecule has 1 rings (SSSR count). The van der Waals surface area contributed by atoms with Gasteiger partial charge >= 0.3 is 5.97 Å². The smallest absolute Gasteiger partial charge is 0.307 e. The van der Waals surface area contributed by atoms with Crippen LogP contribution in [0, 0.1) is 11.8 Å². The number of carbonyl (C=O) groups excluding carboxylic acids is 1. The molecule has 1 fully saturated rings. The van der Waals surface area contributed by atoms with Gasteiger partial charge in [-0.3, -0.25) is 9.59 Å². The molecule has 7 nitrogen and oxygen atoms in total. The van der Waals surface area contributed by atoms with Crippen LogP contribution in [0.25, 0.3) is 0 Å². The van der Waals surface area contributed by atoms with Gasteiger partial charge in [0.2, 0.25) is 15.9 Å². The number of carbonyl (C=O) groups is 2. The van der Waals surface area contributed by atoms with E-state index in [2.05, 4.69) is 10.0 Å². The van der Waals surface area contributed by atoms with Crippen LogP contribution in [0.2, 0.25) is 0 Å². The number of hydrogen-bond donors (Lipinski definition) is 3. The summed E-state index contributed by atoms with van der Waals surface area (Å²) in [6, 6.07) is 0. The van der Waals surface area contributed by atoms with Crippen LogP contribution in [0.4, 0.5) is 0 Å². The van der Waals surface area contributed by atoms with Crippen molar-refractivity contribution in [3.05, 3.63) is 0 Å². The Morgan fingerprint density at radius 3 is 2.19 bits per heavy atom. The number of aliphatic carboxylic acids is 1. The molecule has 0 aromatic rings. The van der Waals surface area contributed by atoms with Gasteiger partial charge in [-0.2, -0.15) is 0 Å². The van der Waals surface area contributed by atoms with Crippen molar-refractivity contribution in [2.24, 2.45) is 11.8 Å². The van der Waals surface area contributed by atoms with E-state index in [1.807, 2.05) is 0 Å². The lowest BCUT2D eigenvalue weighted by molar-refractivity contribution is -0.148. The largest absolute Gasteiger partial charge is 0.481 e. The Hall–Kier alpha value is -1.15. The number of carboxylic acids is 1. The molecular weight excluding hydrogens is 296 g/mol. The van der Waals surface area contributed by atoms with Crippen LogP contribution in [0.15, 0.2) is 0 Å². The van der Waals surface area contributed by atoms with Crippen LogP contribution in [0.1, 0.15) is 39.5 Å². The second-order valence-corrected chi connectivity index (χ2v) is 8.06. The van der Waals surface area contributed by atoms with E-state index in [0.29, 0.717) is 12.8 Å². The summed E-state index contributed by atoms with van der Waals surface area (Å²) in [6.07, 6.45) is 3.79. The molecule has 1 saturated carbocycles. The van der Waals surface area contributed by atoms with E-state index in [1.54, 1.807) is 13.8 Å². The van der Waals surface area contributed by atoms with Crippen LogP contribution in [-0.4, -0.2) is 43.7 Å². The van der Waals surface area contributed by atoms with E-state index >= 15 is 0 Å². The Morgan fingerprint density at radius 1 is 1.19 bits per heavy atom. The van der Waals surface area contributed by atoms with Crippen molar-refractivity contribution in [1.82, 2.24) is 10.0 Å². The van der Waals surface area contributed by atoms with E-state index in [4.69, 9.17) is 5.11 Å². The minimum absolute atomic E-state index is 0.113. The van der Waals surface area contributed by atoms with Crippen molar-refractivity contribution >= 4 is 21.9 Å². The minimum Gasteiger partial charge on any atom is -0.481 e. The zero-order chi connectivity index (χ0) is 16.3. The zero-order valence-electron chi connectivity index (χ0n) is 12.7. The lowest BCUT2D eigenvalue weighted by atomic mass is 9.78. The third kappa shape index (κ3) is 6.01. The molecule has 0 aromatic heterocycles. The van der Waals surface area contributed by atoms with Crippen LogP contribution in [0.5, 0.6) is 0 Å². The van der Waals surface area contributed by atoms with E-state index in [9.17, 15) is 18.0 Å². The highest BCUT2D eigenvalue weighted by Gasteiger charge is 2.36. The standard InChI is InChI=1S/C13H24N2O5S/c1-13(2,15-21(3,19)20)8-14-11(16)9-6-4-5-7-10(9)12(17)18/h9-10,15H,4-8H2,1-3H3,(H,14,16)(H,17,18)/t9-,10+/m1/s1. The summed E-state index contributed by atoms with van der Waals surface area (Å²) in [7, 11) is -3.37. The summed E-state index contributed by atoms with van der Waals surface area (Å²) in [5, 5.41) is 11.8. The Bertz CT molecular complexity index is 501. The lowest BCUT2D eigenvalue weighted by Crippen LogP contribution is -2.52. The third-order valence-electron chi connectivity index (χ3n) is 3.59. The molecule has 122 valence electrons. The highest BCUT2D eigenvalue weighted by Crippen LogP contribution is 2.30. The monoisotopic (exact) mass is 320 g/mol. The van der Waals surface area contributed by atoms with Gasteiger partial charge in [0.25, 0.3) is 0 Å². The zero-order valence-corrected chi connectivity index (χ0v) is 13.5. The average Bonchev–Trinajstić information content (AvgIpc) is 2.33. The SMILES string of the molecule is CC(C)(CNC(=O)[C@@H]1CCCC[C@@H]1C(=O)O)NS(C)(=O)=O. The molecule has 8 heteroatoms. The molecule has 3 N–H and O–H groups in total. The first-order valence-electron chi connectivity index (χ1n) is 7.01. The van der Waals surface area contributed by atoms with Crippen LogP contribution < -0.4 is 10.0 Å². The Labute approximate surface area is 125 Å². The van der Waals surface area contributed by atoms with Gasteiger partial charge in [-0.1, -0.05) is 12.8 Å². The number of carboxylic acid groups (broad SMARTS) is 1. The summed E-state index contributed by atoms with van der Waals surface area (Å²) in [5.74, 6) is -2.44. The maximum absolute atomic E-state index is 12.2. The fraction of sp³-hybridized carbons (Fsp3) is 0.846. The third-order valence-corrected chi connectivity index (χ3v) is 4.51. The van der Waals surface area contributed by atoms with Crippen molar-refractivity contribution in [3.63, 3.8) is 0 Å². The van der Waals surface area contributed by atoms with Crippen molar-refractivity contribution < 1.29 is 23.1 Å². The van der Waals surface area contributed by atoms with Gasteiger partial charge in [0.15, 0.2) is 0 Å². The molecule has 1 aliphatic carbocycles. The average molecular weight is 320 g/mol. The van der Waals surface area contributed by atoms with E-state index in [1.165, 1.54) is 0 Å². The first-order chi connectivity index (χ1) is 9.52. The number of hydrogen-bond acceptors (Lipinski definition) is 4.